The summed E-state index contributed by atoms with van der Waals surface area (Å²) in [5.41, 5.74) is 13.0. The highest BCUT2D eigenvalue weighted by atomic mass is 16.3. The molecule has 4 heteroatoms. The number of para-hydroxylation sites is 1. The lowest BCUT2D eigenvalue weighted by Crippen LogP contribution is -2.15. The highest BCUT2D eigenvalue weighted by Crippen LogP contribution is 2.50. The zero-order valence-corrected chi connectivity index (χ0v) is 21.7. The van der Waals surface area contributed by atoms with Gasteiger partial charge in [0.15, 0.2) is 0 Å². The first-order valence-electron chi connectivity index (χ1n) is 12.9. The quantitative estimate of drug-likeness (QED) is 0.182. The summed E-state index contributed by atoms with van der Waals surface area (Å²) in [6, 6.07) is 25.8. The molecule has 3 aromatic carbocycles. The molecule has 0 amide bonds. The summed E-state index contributed by atoms with van der Waals surface area (Å²) in [5.74, 6) is 0. The molecule has 1 aliphatic rings. The summed E-state index contributed by atoms with van der Waals surface area (Å²) < 4.78 is 8.25. The monoisotopic (exact) mass is 493 g/mol. The number of nitrogens with zero attached hydrogens (tertiary/aromatic N) is 3. The zero-order chi connectivity index (χ0) is 26.0. The molecule has 184 valence electrons. The third-order valence-electron chi connectivity index (χ3n) is 7.85. The van der Waals surface area contributed by atoms with E-state index in [0.29, 0.717) is 0 Å². The Labute approximate surface area is 221 Å². The molecule has 0 saturated heterocycles. The van der Waals surface area contributed by atoms with Crippen LogP contribution < -0.4 is 0 Å². The second-order valence-corrected chi connectivity index (χ2v) is 10.4. The van der Waals surface area contributed by atoms with E-state index in [4.69, 9.17) is 9.40 Å². The van der Waals surface area contributed by atoms with Gasteiger partial charge in [-0.2, -0.15) is 0 Å². The summed E-state index contributed by atoms with van der Waals surface area (Å²) in [6.07, 6.45) is 7.66. The number of imidazole rings is 1. The Balaban J connectivity index is 1.34. The molecule has 3 heterocycles. The fourth-order valence-electron chi connectivity index (χ4n) is 5.82. The normalized spacial score (nSPS) is 14.6. The van der Waals surface area contributed by atoms with E-state index >= 15 is 0 Å². The fraction of sp³-hybridized carbons (Fsp3) is 0.118. The Morgan fingerprint density at radius 1 is 0.947 bits per heavy atom. The minimum absolute atomic E-state index is 0.137. The van der Waals surface area contributed by atoms with E-state index in [9.17, 15) is 0 Å². The summed E-state index contributed by atoms with van der Waals surface area (Å²) >= 11 is 0. The number of aliphatic imine (C=N–C) groups is 1. The number of rotatable bonds is 4. The largest absolute Gasteiger partial charge is 0.437 e. The SMILES string of the molecule is C=C/C(=C\N=C/C)c1ccc2c(c1)C(C)(C)c1cc(-c3ccc4nc5c6ccccc6oc5n4c3)ccc1-2. The molecule has 0 unspecified atom stereocenters. The van der Waals surface area contributed by atoms with E-state index in [1.165, 1.54) is 27.8 Å². The van der Waals surface area contributed by atoms with E-state index in [2.05, 4.69) is 90.6 Å². The highest BCUT2D eigenvalue weighted by Gasteiger charge is 2.36. The second-order valence-electron chi connectivity index (χ2n) is 10.4. The summed E-state index contributed by atoms with van der Waals surface area (Å²) in [4.78, 5) is 9.15. The van der Waals surface area contributed by atoms with E-state index in [-0.39, 0.29) is 5.41 Å². The molecule has 1 aliphatic carbocycles. The molecule has 3 aromatic heterocycles. The molecule has 0 fully saturated rings. The maximum Gasteiger partial charge on any atom is 0.232 e. The average molecular weight is 494 g/mol. The smallest absolute Gasteiger partial charge is 0.232 e. The minimum atomic E-state index is -0.137. The predicted molar refractivity (Wildman–Crippen MR) is 158 cm³/mol. The molecule has 0 radical (unpaired) electrons. The van der Waals surface area contributed by atoms with E-state index < -0.39 is 0 Å². The number of benzene rings is 3. The van der Waals surface area contributed by atoms with Crippen LogP contribution in [0.25, 0.3) is 55.7 Å². The van der Waals surface area contributed by atoms with Crippen LogP contribution >= 0.6 is 0 Å². The van der Waals surface area contributed by atoms with Crippen molar-refractivity contribution < 1.29 is 4.42 Å². The summed E-state index contributed by atoms with van der Waals surface area (Å²) in [7, 11) is 0. The van der Waals surface area contributed by atoms with Crippen LogP contribution in [-0.4, -0.2) is 15.6 Å². The van der Waals surface area contributed by atoms with Crippen molar-refractivity contribution in [3.8, 4) is 22.3 Å². The molecule has 0 atom stereocenters. The lowest BCUT2D eigenvalue weighted by molar-refractivity contribution is 0.649. The van der Waals surface area contributed by atoms with Gasteiger partial charge in [-0.1, -0.05) is 62.9 Å². The Morgan fingerprint density at radius 2 is 1.71 bits per heavy atom. The number of fused-ring (bicyclic) bond motifs is 8. The van der Waals surface area contributed by atoms with Gasteiger partial charge in [0, 0.05) is 29.4 Å². The van der Waals surface area contributed by atoms with Crippen LogP contribution in [-0.2, 0) is 5.41 Å². The summed E-state index contributed by atoms with van der Waals surface area (Å²) in [5, 5.41) is 1.04. The topological polar surface area (TPSA) is 42.8 Å². The molecule has 0 bridgehead atoms. The molecule has 4 nitrogen and oxygen atoms in total. The van der Waals surface area contributed by atoms with Crippen molar-refractivity contribution in [2.75, 3.05) is 0 Å². The lowest BCUT2D eigenvalue weighted by atomic mass is 9.81. The molecule has 0 aliphatic heterocycles. The van der Waals surface area contributed by atoms with E-state index in [1.807, 2.05) is 37.4 Å². The fourth-order valence-corrected chi connectivity index (χ4v) is 5.82. The van der Waals surface area contributed by atoms with E-state index in [1.54, 1.807) is 6.21 Å². The van der Waals surface area contributed by atoms with Gasteiger partial charge in [-0.3, -0.25) is 9.39 Å². The molecule has 6 aromatic rings. The Morgan fingerprint density at radius 3 is 2.53 bits per heavy atom. The van der Waals surface area contributed by atoms with Gasteiger partial charge in [-0.15, -0.1) is 0 Å². The Bertz CT molecular complexity index is 1980. The third kappa shape index (κ3) is 3.16. The van der Waals surface area contributed by atoms with Crippen LogP contribution in [0.15, 0.2) is 107 Å². The van der Waals surface area contributed by atoms with Crippen molar-refractivity contribution in [1.82, 2.24) is 9.38 Å². The van der Waals surface area contributed by atoms with Crippen molar-refractivity contribution in [2.24, 2.45) is 4.99 Å². The maximum absolute atomic E-state index is 6.19. The zero-order valence-electron chi connectivity index (χ0n) is 21.7. The molecule has 38 heavy (non-hydrogen) atoms. The first-order valence-corrected chi connectivity index (χ1v) is 12.9. The number of furan rings is 1. The second kappa shape index (κ2) is 8.15. The van der Waals surface area contributed by atoms with Crippen molar-refractivity contribution in [3.05, 3.63) is 115 Å². The summed E-state index contributed by atoms with van der Waals surface area (Å²) in [6.45, 7) is 10.5. The van der Waals surface area contributed by atoms with Gasteiger partial charge < -0.3 is 4.42 Å². The molecule has 0 spiro atoms. The van der Waals surface area contributed by atoms with Gasteiger partial charge >= 0.3 is 0 Å². The van der Waals surface area contributed by atoms with Crippen LogP contribution in [0.5, 0.6) is 0 Å². The van der Waals surface area contributed by atoms with Gasteiger partial charge in [0.2, 0.25) is 5.71 Å². The number of hydrogen-bond donors (Lipinski definition) is 0. The molecular formula is C34H27N3O. The highest BCUT2D eigenvalue weighted by molar-refractivity contribution is 6.03. The van der Waals surface area contributed by atoms with Crippen LogP contribution in [0.3, 0.4) is 0 Å². The standard InChI is InChI=1S/C34H27N3O/c1-5-21(19-35-6-2)22-11-14-25-26-15-12-23(18-29(26)34(3,4)28(25)17-22)24-13-16-31-36-32-27-9-7-8-10-30(27)38-33(32)37(31)20-24/h5-20H,1H2,2-4H3/b21-19+,35-6-. The Hall–Kier alpha value is -4.70. The number of pyridine rings is 1. The molecule has 0 saturated carbocycles. The van der Waals surface area contributed by atoms with Crippen molar-refractivity contribution >= 4 is 39.6 Å². The van der Waals surface area contributed by atoms with E-state index in [0.717, 1.165) is 44.5 Å². The Kier molecular flexibility index (Phi) is 4.83. The van der Waals surface area contributed by atoms with Crippen molar-refractivity contribution in [1.29, 1.82) is 0 Å². The third-order valence-corrected chi connectivity index (χ3v) is 7.85. The number of hydrogen-bond acceptors (Lipinski definition) is 3. The van der Waals surface area contributed by atoms with Crippen LogP contribution in [0.2, 0.25) is 0 Å². The van der Waals surface area contributed by atoms with Crippen molar-refractivity contribution in [3.63, 3.8) is 0 Å². The van der Waals surface area contributed by atoms with Crippen LogP contribution in [0.4, 0.5) is 0 Å². The first-order chi connectivity index (χ1) is 18.5. The molecule has 0 N–H and O–H groups in total. The van der Waals surface area contributed by atoms with Crippen LogP contribution in [0, 0.1) is 0 Å². The number of aromatic nitrogens is 2. The maximum atomic E-state index is 6.19. The number of allylic oxidation sites excluding steroid dienone is 2. The average Bonchev–Trinajstić information content (AvgIpc) is 3.55. The van der Waals surface area contributed by atoms with Gasteiger partial charge in [0.05, 0.1) is 0 Å². The van der Waals surface area contributed by atoms with Crippen LogP contribution in [0.1, 0.15) is 37.5 Å². The van der Waals surface area contributed by atoms with Gasteiger partial charge in [0.25, 0.3) is 0 Å². The van der Waals surface area contributed by atoms with Crippen molar-refractivity contribution in [2.45, 2.75) is 26.2 Å². The van der Waals surface area contributed by atoms with Gasteiger partial charge in [0.1, 0.15) is 16.7 Å². The predicted octanol–water partition coefficient (Wildman–Crippen LogP) is 8.82. The van der Waals surface area contributed by atoms with Gasteiger partial charge in [-0.05, 0) is 87.8 Å². The minimum Gasteiger partial charge on any atom is -0.437 e. The van der Waals surface area contributed by atoms with Gasteiger partial charge in [-0.25, -0.2) is 4.98 Å². The molecular weight excluding hydrogens is 466 g/mol. The molecule has 7 rings (SSSR count). The lowest BCUT2D eigenvalue weighted by Gasteiger charge is -2.22. The first kappa shape index (κ1) is 22.5.